The molecule has 1 saturated heterocycles. The van der Waals surface area contributed by atoms with Crippen LogP contribution in [-0.2, 0) is 29.2 Å². The smallest absolute Gasteiger partial charge is 0.224 e. The van der Waals surface area contributed by atoms with Gasteiger partial charge in [-0.3, -0.25) is 14.7 Å². The number of guanidine groups is 1. The minimum absolute atomic E-state index is 0.0527. The molecule has 1 heterocycles. The van der Waals surface area contributed by atoms with Crippen molar-refractivity contribution in [3.63, 3.8) is 0 Å². The Balaban J connectivity index is 1.48. The maximum atomic E-state index is 11.7. The molecule has 0 spiro atoms. The van der Waals surface area contributed by atoms with E-state index in [1.807, 2.05) is 31.2 Å². The van der Waals surface area contributed by atoms with Crippen LogP contribution < -0.4 is 16.0 Å². The summed E-state index contributed by atoms with van der Waals surface area (Å²) in [6, 6.07) is 16.4. The number of carbonyl (C=O) groups excluding carboxylic acids is 1. The van der Waals surface area contributed by atoms with E-state index in [0.29, 0.717) is 19.5 Å². The van der Waals surface area contributed by atoms with Crippen molar-refractivity contribution in [3.05, 3.63) is 65.2 Å². The minimum atomic E-state index is 0.0527. The summed E-state index contributed by atoms with van der Waals surface area (Å²) in [7, 11) is 1.78. The normalized spacial score (nSPS) is 14.8. The highest BCUT2D eigenvalue weighted by molar-refractivity contribution is 5.90. The Morgan fingerprint density at radius 3 is 2.38 bits per heavy atom. The molecule has 2 aromatic carbocycles. The lowest BCUT2D eigenvalue weighted by Gasteiger charge is -2.27. The Labute approximate surface area is 191 Å². The van der Waals surface area contributed by atoms with Gasteiger partial charge in [-0.25, -0.2) is 0 Å². The van der Waals surface area contributed by atoms with E-state index in [4.69, 9.17) is 4.74 Å². The van der Waals surface area contributed by atoms with Crippen LogP contribution in [0.1, 0.15) is 36.5 Å². The molecule has 3 N–H and O–H groups in total. The second kappa shape index (κ2) is 12.8. The van der Waals surface area contributed by atoms with Crippen LogP contribution in [0.4, 0.5) is 5.69 Å². The van der Waals surface area contributed by atoms with E-state index < -0.39 is 0 Å². The van der Waals surface area contributed by atoms with Crippen molar-refractivity contribution < 1.29 is 9.53 Å². The highest BCUT2D eigenvalue weighted by Crippen LogP contribution is 2.13. The monoisotopic (exact) mass is 437 g/mol. The molecule has 0 saturated carbocycles. The number of anilines is 1. The number of nitrogens with zero attached hydrogens (tertiary/aromatic N) is 2. The van der Waals surface area contributed by atoms with E-state index in [9.17, 15) is 4.79 Å². The summed E-state index contributed by atoms with van der Waals surface area (Å²) in [5, 5.41) is 9.70. The fourth-order valence-electron chi connectivity index (χ4n) is 3.63. The molecular formula is C25H35N5O2. The average molecular weight is 438 g/mol. The van der Waals surface area contributed by atoms with Gasteiger partial charge in [0.2, 0.25) is 5.91 Å². The largest absolute Gasteiger partial charge is 0.379 e. The lowest BCUT2D eigenvalue weighted by Crippen LogP contribution is -2.37. The Hall–Kier alpha value is -2.90. The molecule has 172 valence electrons. The first-order chi connectivity index (χ1) is 15.7. The Kier molecular flexibility index (Phi) is 9.53. The van der Waals surface area contributed by atoms with Gasteiger partial charge in [-0.05, 0) is 35.2 Å². The van der Waals surface area contributed by atoms with Gasteiger partial charge >= 0.3 is 0 Å². The number of amides is 1. The quantitative estimate of drug-likeness (QED) is 0.415. The van der Waals surface area contributed by atoms with Gasteiger partial charge in [0.25, 0.3) is 0 Å². The molecule has 1 fully saturated rings. The first-order valence-electron chi connectivity index (χ1n) is 11.4. The summed E-state index contributed by atoms with van der Waals surface area (Å²) in [4.78, 5) is 18.5. The van der Waals surface area contributed by atoms with Gasteiger partial charge in [-0.2, -0.15) is 0 Å². The van der Waals surface area contributed by atoms with Gasteiger partial charge in [-0.1, -0.05) is 43.3 Å². The van der Waals surface area contributed by atoms with Crippen molar-refractivity contribution in [2.24, 2.45) is 4.99 Å². The molecule has 32 heavy (non-hydrogen) atoms. The molecule has 1 aliphatic rings. The number of aliphatic imine (C=N–C) groups is 1. The Morgan fingerprint density at radius 1 is 1.00 bits per heavy atom. The summed E-state index contributed by atoms with van der Waals surface area (Å²) < 4.78 is 5.46. The molecule has 0 radical (unpaired) electrons. The number of ether oxygens (including phenoxy) is 1. The van der Waals surface area contributed by atoms with Crippen LogP contribution in [0.15, 0.2) is 53.5 Å². The third-order valence-corrected chi connectivity index (χ3v) is 5.46. The van der Waals surface area contributed by atoms with Crippen LogP contribution in [0.2, 0.25) is 0 Å². The molecular weight excluding hydrogens is 402 g/mol. The molecule has 0 aromatic heterocycles. The molecule has 1 amide bonds. The summed E-state index contributed by atoms with van der Waals surface area (Å²) in [6.45, 7) is 7.87. The summed E-state index contributed by atoms with van der Waals surface area (Å²) >= 11 is 0. The molecule has 2 aromatic rings. The van der Waals surface area contributed by atoms with Crippen molar-refractivity contribution in [1.29, 1.82) is 0 Å². The van der Waals surface area contributed by atoms with Crippen molar-refractivity contribution in [1.82, 2.24) is 15.5 Å². The van der Waals surface area contributed by atoms with E-state index in [1.54, 1.807) is 7.05 Å². The SMILES string of the molecule is CCCC(=O)Nc1ccc(CNC(=NC)NCc2ccccc2CN2CCOCC2)cc1. The van der Waals surface area contributed by atoms with E-state index in [1.165, 1.54) is 11.1 Å². The zero-order chi connectivity index (χ0) is 22.6. The predicted octanol–water partition coefficient (Wildman–Crippen LogP) is 3.12. The van der Waals surface area contributed by atoms with Crippen molar-refractivity contribution in [3.8, 4) is 0 Å². The van der Waals surface area contributed by atoms with Gasteiger partial charge < -0.3 is 20.7 Å². The first kappa shape index (κ1) is 23.8. The third-order valence-electron chi connectivity index (χ3n) is 5.46. The van der Waals surface area contributed by atoms with E-state index in [0.717, 1.165) is 56.5 Å². The average Bonchev–Trinajstić information content (AvgIpc) is 2.82. The van der Waals surface area contributed by atoms with Gasteiger partial charge in [-0.15, -0.1) is 0 Å². The van der Waals surface area contributed by atoms with E-state index in [2.05, 4.69) is 50.1 Å². The molecule has 0 aliphatic carbocycles. The number of hydrogen-bond donors (Lipinski definition) is 3. The highest BCUT2D eigenvalue weighted by atomic mass is 16.5. The van der Waals surface area contributed by atoms with Crippen LogP contribution in [0.3, 0.4) is 0 Å². The van der Waals surface area contributed by atoms with Crippen LogP contribution in [0, 0.1) is 0 Å². The van der Waals surface area contributed by atoms with Crippen LogP contribution >= 0.6 is 0 Å². The number of hydrogen-bond acceptors (Lipinski definition) is 4. The fourth-order valence-corrected chi connectivity index (χ4v) is 3.63. The predicted molar refractivity (Wildman–Crippen MR) is 130 cm³/mol. The standard InChI is InChI=1S/C25H35N5O2/c1-3-6-24(31)29-23-11-9-20(10-12-23)17-27-25(26-2)28-18-21-7-4-5-8-22(21)19-30-13-15-32-16-14-30/h4-5,7-12H,3,6,13-19H2,1-2H3,(H,29,31)(H2,26,27,28). The zero-order valence-corrected chi connectivity index (χ0v) is 19.2. The van der Waals surface area contributed by atoms with E-state index in [-0.39, 0.29) is 5.91 Å². The molecule has 7 heteroatoms. The number of nitrogens with one attached hydrogen (secondary N) is 3. The van der Waals surface area contributed by atoms with Gasteiger partial charge in [0.15, 0.2) is 5.96 Å². The summed E-state index contributed by atoms with van der Waals surface area (Å²) in [6.07, 6.45) is 1.39. The number of benzene rings is 2. The minimum Gasteiger partial charge on any atom is -0.379 e. The highest BCUT2D eigenvalue weighted by Gasteiger charge is 2.13. The zero-order valence-electron chi connectivity index (χ0n) is 19.2. The lowest BCUT2D eigenvalue weighted by molar-refractivity contribution is -0.116. The molecule has 0 atom stereocenters. The molecule has 7 nitrogen and oxygen atoms in total. The van der Waals surface area contributed by atoms with Gasteiger partial charge in [0.1, 0.15) is 0 Å². The number of carbonyl (C=O) groups is 1. The first-order valence-corrected chi connectivity index (χ1v) is 11.4. The number of rotatable bonds is 9. The molecule has 1 aliphatic heterocycles. The van der Waals surface area contributed by atoms with Crippen molar-refractivity contribution >= 4 is 17.6 Å². The van der Waals surface area contributed by atoms with Crippen molar-refractivity contribution in [2.75, 3.05) is 38.7 Å². The summed E-state index contributed by atoms with van der Waals surface area (Å²) in [5.41, 5.74) is 4.55. The fraction of sp³-hybridized carbons (Fsp3) is 0.440. The maximum absolute atomic E-state index is 11.7. The topological polar surface area (TPSA) is 78.0 Å². The second-order valence-corrected chi connectivity index (χ2v) is 7.93. The second-order valence-electron chi connectivity index (χ2n) is 7.93. The third kappa shape index (κ3) is 7.66. The molecule has 3 rings (SSSR count). The van der Waals surface area contributed by atoms with Gasteiger partial charge in [0, 0.05) is 51.9 Å². The molecule has 0 unspecified atom stereocenters. The van der Waals surface area contributed by atoms with Crippen LogP contribution in [0.5, 0.6) is 0 Å². The Morgan fingerprint density at radius 2 is 1.69 bits per heavy atom. The van der Waals surface area contributed by atoms with Crippen LogP contribution in [0.25, 0.3) is 0 Å². The number of morpholine rings is 1. The van der Waals surface area contributed by atoms with Crippen molar-refractivity contribution in [2.45, 2.75) is 39.4 Å². The molecule has 0 bridgehead atoms. The summed E-state index contributed by atoms with van der Waals surface area (Å²) in [5.74, 6) is 0.809. The van der Waals surface area contributed by atoms with Gasteiger partial charge in [0.05, 0.1) is 13.2 Å². The van der Waals surface area contributed by atoms with Crippen LogP contribution in [-0.4, -0.2) is 50.1 Å². The van der Waals surface area contributed by atoms with E-state index >= 15 is 0 Å². The Bertz CT molecular complexity index is 876. The lowest BCUT2D eigenvalue weighted by atomic mass is 10.1. The maximum Gasteiger partial charge on any atom is 0.224 e.